The highest BCUT2D eigenvalue weighted by Gasteiger charge is 2.39. The zero-order chi connectivity index (χ0) is 28.8. The van der Waals surface area contributed by atoms with E-state index in [0.717, 1.165) is 21.6 Å². The Morgan fingerprint density at radius 1 is 1.15 bits per heavy atom. The Kier molecular flexibility index (Phi) is 9.28. The van der Waals surface area contributed by atoms with E-state index in [0.29, 0.717) is 28.8 Å². The summed E-state index contributed by atoms with van der Waals surface area (Å²) in [6.07, 6.45) is 0.315. The maximum atomic E-state index is 13.2. The monoisotopic (exact) mass is 577 g/mol. The van der Waals surface area contributed by atoms with E-state index in [-0.39, 0.29) is 36.8 Å². The lowest BCUT2D eigenvalue weighted by atomic mass is 10.0. The lowest BCUT2D eigenvalue weighted by Gasteiger charge is -2.25. The number of amidine groups is 1. The van der Waals surface area contributed by atoms with Gasteiger partial charge in [0.15, 0.2) is 0 Å². The molecule has 1 aromatic heterocycles. The quantitative estimate of drug-likeness (QED) is 0.176. The molecule has 11 heteroatoms. The van der Waals surface area contributed by atoms with Crippen LogP contribution in [-0.2, 0) is 20.8 Å². The maximum absolute atomic E-state index is 13.2. The van der Waals surface area contributed by atoms with Gasteiger partial charge in [-0.25, -0.2) is 4.21 Å². The van der Waals surface area contributed by atoms with Crippen molar-refractivity contribution in [1.29, 1.82) is 5.41 Å². The predicted molar refractivity (Wildman–Crippen MR) is 159 cm³/mol. The third-order valence-corrected chi connectivity index (χ3v) is 8.44. The fourth-order valence-electron chi connectivity index (χ4n) is 4.62. The number of amides is 3. The molecule has 1 aliphatic rings. The lowest BCUT2D eigenvalue weighted by molar-refractivity contribution is -0.138. The van der Waals surface area contributed by atoms with Crippen molar-refractivity contribution in [2.75, 3.05) is 13.1 Å². The summed E-state index contributed by atoms with van der Waals surface area (Å²) in [5.41, 5.74) is 9.56. The topological polar surface area (TPSA) is 145 Å². The fraction of sp³-hybridized carbons (Fsp3) is 0.276. The summed E-state index contributed by atoms with van der Waals surface area (Å²) in [7, 11) is 0. The molecule has 208 valence electrons. The van der Waals surface area contributed by atoms with Crippen molar-refractivity contribution in [1.82, 2.24) is 15.5 Å². The van der Waals surface area contributed by atoms with Crippen molar-refractivity contribution in [2.45, 2.75) is 32.4 Å². The summed E-state index contributed by atoms with van der Waals surface area (Å²) in [5.74, 6) is -1.44. The molecular weight excluding hydrogens is 546 g/mol. The molecule has 4 rings (SSSR count). The smallest absolute Gasteiger partial charge is 0.251 e. The minimum atomic E-state index is -0.780. The first-order valence-corrected chi connectivity index (χ1v) is 14.4. The highest BCUT2D eigenvalue weighted by Crippen LogP contribution is 2.26. The van der Waals surface area contributed by atoms with Crippen molar-refractivity contribution >= 4 is 51.5 Å². The molecule has 0 spiro atoms. The number of nitrogens with one attached hydrogen (secondary N) is 3. The van der Waals surface area contributed by atoms with Crippen molar-refractivity contribution < 1.29 is 18.6 Å². The second kappa shape index (κ2) is 12.8. The van der Waals surface area contributed by atoms with Gasteiger partial charge in [0.2, 0.25) is 11.8 Å². The zero-order valence-corrected chi connectivity index (χ0v) is 23.8. The second-order valence-electron chi connectivity index (χ2n) is 9.80. The SMILES string of the molecule is Cc1ccc(-c2cccc(C(=O)NCC(=O)N3CC(C=S=O)CC3C(=O)N[C@H](C)c3cc(C(=N)N)cs3)c2)cc1. The van der Waals surface area contributed by atoms with Gasteiger partial charge in [0.25, 0.3) is 5.91 Å². The van der Waals surface area contributed by atoms with Gasteiger partial charge in [-0.15, -0.1) is 11.3 Å². The van der Waals surface area contributed by atoms with Gasteiger partial charge in [-0.05, 0) is 49.6 Å². The number of thiophene rings is 1. The van der Waals surface area contributed by atoms with Crippen LogP contribution in [0.25, 0.3) is 11.1 Å². The normalized spacial score (nSPS) is 17.1. The molecule has 1 fully saturated rings. The Labute approximate surface area is 240 Å². The average Bonchev–Trinajstić information content (AvgIpc) is 3.61. The molecule has 1 aliphatic heterocycles. The summed E-state index contributed by atoms with van der Waals surface area (Å²) >= 11 is 1.69. The molecule has 2 heterocycles. The Bertz CT molecular complexity index is 1480. The van der Waals surface area contributed by atoms with E-state index in [1.54, 1.807) is 29.6 Å². The van der Waals surface area contributed by atoms with E-state index in [2.05, 4.69) is 10.6 Å². The number of benzene rings is 2. The highest BCUT2D eigenvalue weighted by molar-refractivity contribution is 7.64. The van der Waals surface area contributed by atoms with Gasteiger partial charge in [-0.3, -0.25) is 19.8 Å². The van der Waals surface area contributed by atoms with Crippen LogP contribution >= 0.6 is 11.3 Å². The molecule has 9 nitrogen and oxygen atoms in total. The van der Waals surface area contributed by atoms with Crippen LogP contribution in [0.2, 0.25) is 0 Å². The number of aryl methyl sites for hydroxylation is 1. The van der Waals surface area contributed by atoms with Gasteiger partial charge in [0.1, 0.15) is 11.9 Å². The predicted octanol–water partition coefficient (Wildman–Crippen LogP) is 2.85. The number of carbonyl (C=O) groups excluding carboxylic acids is 3. The van der Waals surface area contributed by atoms with Gasteiger partial charge >= 0.3 is 0 Å². The van der Waals surface area contributed by atoms with Gasteiger partial charge in [0, 0.05) is 39.2 Å². The molecule has 3 amide bonds. The first-order chi connectivity index (χ1) is 19.2. The number of nitrogens with zero attached hydrogens (tertiary/aromatic N) is 1. The fourth-order valence-corrected chi connectivity index (χ4v) is 5.89. The Morgan fingerprint density at radius 2 is 1.90 bits per heavy atom. The highest BCUT2D eigenvalue weighted by atomic mass is 32.1. The van der Waals surface area contributed by atoms with Crippen molar-refractivity contribution in [2.24, 2.45) is 11.7 Å². The van der Waals surface area contributed by atoms with Gasteiger partial charge in [-0.2, -0.15) is 0 Å². The van der Waals surface area contributed by atoms with Crippen LogP contribution in [0.1, 0.15) is 45.7 Å². The molecule has 0 radical (unpaired) electrons. The minimum absolute atomic E-state index is 0.0500. The van der Waals surface area contributed by atoms with Crippen molar-refractivity contribution in [3.8, 4) is 11.1 Å². The van der Waals surface area contributed by atoms with Crippen molar-refractivity contribution in [3.05, 3.63) is 81.5 Å². The largest absolute Gasteiger partial charge is 0.384 e. The molecule has 1 saturated heterocycles. The summed E-state index contributed by atoms with van der Waals surface area (Å²) in [5, 5.41) is 16.4. The number of carbonyl (C=O) groups is 3. The van der Waals surface area contributed by atoms with E-state index in [1.807, 2.05) is 44.2 Å². The summed E-state index contributed by atoms with van der Waals surface area (Å²) in [6, 6.07) is 15.8. The van der Waals surface area contributed by atoms with Gasteiger partial charge in [-0.1, -0.05) is 42.0 Å². The number of nitrogens with two attached hydrogens (primary N) is 1. The standard InChI is InChI=1S/C29H31N5O4S2/c1-17-6-8-20(9-7-17)21-4-3-5-22(11-21)28(36)32-13-26(35)34-14-19(15-40-38)10-24(34)29(37)33-18(2)25-12-23(16-39-25)27(30)31/h3-9,11-12,15-16,18-19,24H,10,13-14H2,1-2H3,(H3,30,31)(H,32,36)(H,33,37)/t18-,19?,24?/m1/s1. The van der Waals surface area contributed by atoms with Crippen molar-refractivity contribution in [3.63, 3.8) is 0 Å². The van der Waals surface area contributed by atoms with Crippen LogP contribution in [0.5, 0.6) is 0 Å². The molecule has 0 saturated carbocycles. The molecule has 3 atom stereocenters. The minimum Gasteiger partial charge on any atom is -0.384 e. The number of rotatable bonds is 9. The van der Waals surface area contributed by atoms with E-state index in [4.69, 9.17) is 11.1 Å². The molecule has 5 N–H and O–H groups in total. The van der Waals surface area contributed by atoms with Crippen LogP contribution in [0, 0.1) is 18.3 Å². The molecule has 0 aliphatic carbocycles. The number of hydrogen-bond donors (Lipinski definition) is 4. The van der Waals surface area contributed by atoms with Crippen LogP contribution in [0.4, 0.5) is 0 Å². The molecule has 40 heavy (non-hydrogen) atoms. The first kappa shape index (κ1) is 28.9. The molecule has 2 unspecified atom stereocenters. The summed E-state index contributed by atoms with van der Waals surface area (Å²) in [4.78, 5) is 41.6. The third kappa shape index (κ3) is 6.91. The molecule has 2 aromatic carbocycles. The van der Waals surface area contributed by atoms with Gasteiger partial charge < -0.3 is 21.3 Å². The number of nitrogen functional groups attached to an aromatic ring is 1. The van der Waals surface area contributed by atoms with E-state index >= 15 is 0 Å². The molecule has 3 aromatic rings. The number of likely N-dealkylation sites (tertiary alicyclic amines) is 1. The zero-order valence-electron chi connectivity index (χ0n) is 22.2. The van der Waals surface area contributed by atoms with Crippen LogP contribution in [0.15, 0.2) is 60.0 Å². The molecular formula is C29H31N5O4S2. The summed E-state index contributed by atoms with van der Waals surface area (Å²) in [6.45, 7) is 3.76. The van der Waals surface area contributed by atoms with E-state index < -0.39 is 17.9 Å². The number of hydrogen-bond acceptors (Lipinski definition) is 6. The van der Waals surface area contributed by atoms with Crippen LogP contribution < -0.4 is 16.4 Å². The van der Waals surface area contributed by atoms with Crippen LogP contribution in [-0.4, -0.2) is 57.2 Å². The van der Waals surface area contributed by atoms with E-state index in [9.17, 15) is 18.6 Å². The maximum Gasteiger partial charge on any atom is 0.251 e. The Morgan fingerprint density at radius 3 is 2.58 bits per heavy atom. The second-order valence-corrected chi connectivity index (χ2v) is 11.2. The lowest BCUT2D eigenvalue weighted by Crippen LogP contribution is -2.49. The van der Waals surface area contributed by atoms with E-state index in [1.165, 1.54) is 21.6 Å². The first-order valence-electron chi connectivity index (χ1n) is 12.8. The average molecular weight is 578 g/mol. The third-order valence-electron chi connectivity index (χ3n) is 6.83. The summed E-state index contributed by atoms with van der Waals surface area (Å²) < 4.78 is 11.2. The molecule has 0 bridgehead atoms. The van der Waals surface area contributed by atoms with Gasteiger partial charge in [0.05, 0.1) is 23.8 Å². The Balaban J connectivity index is 1.41. The Hall–Kier alpha value is -4.09. The van der Waals surface area contributed by atoms with Crippen LogP contribution in [0.3, 0.4) is 0 Å².